The molecular formula is C16H25Cl2IN6O. The second-order valence-electron chi connectivity index (χ2n) is 6.65. The van der Waals surface area contributed by atoms with Gasteiger partial charge in [-0.3, -0.25) is 0 Å². The highest BCUT2D eigenvalue weighted by molar-refractivity contribution is 14.0. The number of aromatic nitrogens is 3. The van der Waals surface area contributed by atoms with Crippen molar-refractivity contribution in [3.8, 4) is 0 Å². The monoisotopic (exact) mass is 514 g/mol. The molecule has 0 aliphatic carbocycles. The van der Waals surface area contributed by atoms with Crippen LogP contribution in [0.1, 0.15) is 45.1 Å². The minimum absolute atomic E-state index is 0. The fourth-order valence-corrected chi connectivity index (χ4v) is 2.46. The van der Waals surface area contributed by atoms with E-state index < -0.39 is 0 Å². The van der Waals surface area contributed by atoms with Gasteiger partial charge in [-0.15, -0.1) is 24.0 Å². The van der Waals surface area contributed by atoms with Crippen molar-refractivity contribution in [2.45, 2.75) is 46.2 Å². The average Bonchev–Trinajstić information content (AvgIpc) is 3.11. The third-order valence-corrected chi connectivity index (χ3v) is 4.33. The Morgan fingerprint density at radius 2 is 2.00 bits per heavy atom. The van der Waals surface area contributed by atoms with E-state index >= 15 is 0 Å². The van der Waals surface area contributed by atoms with E-state index in [9.17, 15) is 0 Å². The van der Waals surface area contributed by atoms with Gasteiger partial charge in [-0.05, 0) is 13.0 Å². The Balaban J connectivity index is 0.00000338. The van der Waals surface area contributed by atoms with Gasteiger partial charge in [0.05, 0.1) is 11.6 Å². The molecule has 10 heteroatoms. The highest BCUT2D eigenvalue weighted by Gasteiger charge is 2.21. The zero-order valence-corrected chi connectivity index (χ0v) is 19.4. The van der Waals surface area contributed by atoms with E-state index in [2.05, 4.69) is 25.8 Å². The maximum atomic E-state index is 6.09. The molecule has 0 fully saturated rings. The van der Waals surface area contributed by atoms with Crippen LogP contribution in [0.3, 0.4) is 0 Å². The minimum atomic E-state index is -0.178. The number of guanidine groups is 1. The molecule has 7 nitrogen and oxygen atoms in total. The third kappa shape index (κ3) is 6.02. The molecule has 2 aromatic heterocycles. The first-order valence-electron chi connectivity index (χ1n) is 8.07. The fourth-order valence-electron chi connectivity index (χ4n) is 2.05. The summed E-state index contributed by atoms with van der Waals surface area (Å²) in [5.41, 5.74) is 0.776. The molecular weight excluding hydrogens is 490 g/mol. The van der Waals surface area contributed by atoms with Crippen molar-refractivity contribution in [3.05, 3.63) is 33.7 Å². The van der Waals surface area contributed by atoms with E-state index in [0.717, 1.165) is 12.2 Å². The van der Waals surface area contributed by atoms with Gasteiger partial charge in [0.2, 0.25) is 5.89 Å². The summed E-state index contributed by atoms with van der Waals surface area (Å²) in [5, 5.41) is 11.4. The van der Waals surface area contributed by atoms with Crippen molar-refractivity contribution in [2.75, 3.05) is 6.54 Å². The highest BCUT2D eigenvalue weighted by Crippen LogP contribution is 2.25. The molecule has 2 aromatic rings. The Bertz CT molecular complexity index is 750. The summed E-state index contributed by atoms with van der Waals surface area (Å²) >= 11 is 12.1. The lowest BCUT2D eigenvalue weighted by molar-refractivity contribution is 0.318. The van der Waals surface area contributed by atoms with Gasteiger partial charge >= 0.3 is 0 Å². The summed E-state index contributed by atoms with van der Waals surface area (Å²) in [5.74, 6) is 1.80. The number of halogens is 3. The molecule has 0 radical (unpaired) electrons. The third-order valence-electron chi connectivity index (χ3n) is 3.49. The zero-order chi connectivity index (χ0) is 18.6. The number of hydrogen-bond acceptors (Lipinski definition) is 4. The van der Waals surface area contributed by atoms with Crippen molar-refractivity contribution in [2.24, 2.45) is 12.0 Å². The minimum Gasteiger partial charge on any atom is -0.357 e. The van der Waals surface area contributed by atoms with Gasteiger partial charge in [0, 0.05) is 24.7 Å². The molecule has 26 heavy (non-hydrogen) atoms. The molecule has 0 atom stereocenters. The highest BCUT2D eigenvalue weighted by atomic mass is 127. The summed E-state index contributed by atoms with van der Waals surface area (Å²) < 4.78 is 7.11. The zero-order valence-electron chi connectivity index (χ0n) is 15.6. The van der Waals surface area contributed by atoms with Crippen LogP contribution in [0.5, 0.6) is 0 Å². The lowest BCUT2D eigenvalue weighted by Crippen LogP contribution is -2.37. The van der Waals surface area contributed by atoms with Crippen molar-refractivity contribution < 1.29 is 4.52 Å². The second-order valence-corrected chi connectivity index (χ2v) is 7.41. The molecule has 0 saturated carbocycles. The van der Waals surface area contributed by atoms with Gasteiger partial charge in [-0.25, -0.2) is 4.99 Å². The Labute approximate surface area is 180 Å². The van der Waals surface area contributed by atoms with Crippen LogP contribution < -0.4 is 10.6 Å². The smallest absolute Gasteiger partial charge is 0.232 e. The molecule has 2 rings (SSSR count). The van der Waals surface area contributed by atoms with Crippen LogP contribution in [0.25, 0.3) is 0 Å². The van der Waals surface area contributed by atoms with E-state index in [-0.39, 0.29) is 29.4 Å². The fraction of sp³-hybridized carbons (Fsp3) is 0.562. The first-order valence-corrected chi connectivity index (χ1v) is 8.82. The van der Waals surface area contributed by atoms with Crippen molar-refractivity contribution in [1.82, 2.24) is 25.3 Å². The van der Waals surface area contributed by atoms with Crippen LogP contribution in [-0.2, 0) is 25.6 Å². The van der Waals surface area contributed by atoms with Crippen LogP contribution >= 0.6 is 47.2 Å². The Hall–Kier alpha value is -1.000. The quantitative estimate of drug-likeness (QED) is 0.359. The second kappa shape index (κ2) is 9.80. The standard InChI is InChI=1S/C16H24Cl2N6O.HI/c1-6-19-15(20-8-10-7-11(17)13(18)24(10)5)21-9-12-22-14(25-23-12)16(2,3)4;/h7H,6,8-9H2,1-5H3,(H2,19,20,21);1H. The molecule has 0 aromatic carbocycles. The molecule has 146 valence electrons. The number of aliphatic imine (C=N–C) groups is 1. The molecule has 0 amide bonds. The summed E-state index contributed by atoms with van der Waals surface area (Å²) in [6.07, 6.45) is 0. The summed E-state index contributed by atoms with van der Waals surface area (Å²) in [6, 6.07) is 1.83. The summed E-state index contributed by atoms with van der Waals surface area (Å²) in [6.45, 7) is 9.66. The van der Waals surface area contributed by atoms with Crippen molar-refractivity contribution in [3.63, 3.8) is 0 Å². The first kappa shape index (κ1) is 23.0. The molecule has 0 bridgehead atoms. The van der Waals surface area contributed by atoms with Gasteiger partial charge in [0.25, 0.3) is 0 Å². The van der Waals surface area contributed by atoms with E-state index in [4.69, 9.17) is 27.7 Å². The Morgan fingerprint density at radius 1 is 1.31 bits per heavy atom. The Morgan fingerprint density at radius 3 is 2.50 bits per heavy atom. The maximum Gasteiger partial charge on any atom is 0.232 e. The lowest BCUT2D eigenvalue weighted by atomic mass is 9.97. The topological polar surface area (TPSA) is 80.3 Å². The number of nitrogens with one attached hydrogen (secondary N) is 2. The number of hydrogen-bond donors (Lipinski definition) is 2. The van der Waals surface area contributed by atoms with Crippen LogP contribution in [0.4, 0.5) is 0 Å². The lowest BCUT2D eigenvalue weighted by Gasteiger charge is -2.11. The van der Waals surface area contributed by atoms with Crippen LogP contribution in [0.2, 0.25) is 10.2 Å². The van der Waals surface area contributed by atoms with Crippen LogP contribution in [-0.4, -0.2) is 27.2 Å². The normalized spacial score (nSPS) is 12.0. The molecule has 0 aliphatic heterocycles. The summed E-state index contributed by atoms with van der Waals surface area (Å²) in [4.78, 5) is 8.87. The largest absolute Gasteiger partial charge is 0.357 e. The van der Waals surface area contributed by atoms with Crippen molar-refractivity contribution in [1.29, 1.82) is 0 Å². The number of nitrogens with zero attached hydrogens (tertiary/aromatic N) is 4. The molecule has 0 unspecified atom stereocenters. The average molecular weight is 515 g/mol. The van der Waals surface area contributed by atoms with Crippen LogP contribution in [0.15, 0.2) is 15.6 Å². The van der Waals surface area contributed by atoms with E-state index in [1.54, 1.807) is 0 Å². The van der Waals surface area contributed by atoms with Gasteiger partial charge in [-0.2, -0.15) is 4.98 Å². The van der Waals surface area contributed by atoms with Gasteiger partial charge in [0.15, 0.2) is 11.8 Å². The molecule has 2 heterocycles. The predicted molar refractivity (Wildman–Crippen MR) is 116 cm³/mol. The molecule has 0 saturated heterocycles. The molecule has 0 aliphatic rings. The van der Waals surface area contributed by atoms with Gasteiger partial charge in [0.1, 0.15) is 11.7 Å². The van der Waals surface area contributed by atoms with Gasteiger partial charge in [-0.1, -0.05) is 49.1 Å². The maximum absolute atomic E-state index is 6.09. The van der Waals surface area contributed by atoms with E-state index in [1.807, 2.05) is 45.4 Å². The Kier molecular flexibility index (Phi) is 8.68. The van der Waals surface area contributed by atoms with Crippen LogP contribution in [0, 0.1) is 0 Å². The van der Waals surface area contributed by atoms with Gasteiger partial charge < -0.3 is 19.7 Å². The first-order chi connectivity index (χ1) is 11.7. The van der Waals surface area contributed by atoms with Crippen molar-refractivity contribution >= 4 is 53.1 Å². The summed E-state index contributed by atoms with van der Waals surface area (Å²) in [7, 11) is 1.86. The van der Waals surface area contributed by atoms with E-state index in [1.165, 1.54) is 0 Å². The predicted octanol–water partition coefficient (Wildman–Crippen LogP) is 3.89. The molecule has 2 N–H and O–H groups in total. The van der Waals surface area contributed by atoms with E-state index in [0.29, 0.717) is 40.9 Å². The SMILES string of the molecule is CCNC(=NCc1noc(C(C)(C)C)n1)NCc1cc(Cl)c(Cl)n1C.I. The molecule has 0 spiro atoms. The number of rotatable bonds is 5.